The van der Waals surface area contributed by atoms with Crippen LogP contribution in [0.5, 0.6) is 0 Å². The molecule has 0 aliphatic heterocycles. The van der Waals surface area contributed by atoms with E-state index in [-0.39, 0.29) is 38.7 Å². The molecule has 5 N–H and O–H groups in total. The number of rotatable bonds is 9. The molecule has 2 aromatic carbocycles. The van der Waals surface area contributed by atoms with Crippen LogP contribution < -0.4 is 15.4 Å². The monoisotopic (exact) mass is 529 g/mol. The van der Waals surface area contributed by atoms with E-state index in [1.165, 1.54) is 25.6 Å². The number of H-pyrrole nitrogens is 1. The van der Waals surface area contributed by atoms with Crippen LogP contribution in [0.1, 0.15) is 22.8 Å². The summed E-state index contributed by atoms with van der Waals surface area (Å²) in [6.45, 7) is 1.54. The molecule has 190 valence electrons. The van der Waals surface area contributed by atoms with Crippen LogP contribution in [0.15, 0.2) is 59.6 Å². The molecule has 0 fully saturated rings. The number of carbonyl (C=O) groups excluding carboxylic acids is 1. The average molecular weight is 530 g/mol. The second kappa shape index (κ2) is 10.7. The first kappa shape index (κ1) is 25.7. The van der Waals surface area contributed by atoms with Gasteiger partial charge in [-0.2, -0.15) is 0 Å². The number of anilines is 2. The molecular formula is C24H19F4N7OS. The Morgan fingerprint density at radius 1 is 1.11 bits per heavy atom. The predicted octanol–water partition coefficient (Wildman–Crippen LogP) is 5.38. The molecule has 4 aromatic rings. The molecular weight excluding hydrogens is 510 g/mol. The first-order chi connectivity index (χ1) is 17.7. The summed E-state index contributed by atoms with van der Waals surface area (Å²) >= 11 is 0.564. The highest BCUT2D eigenvalue weighted by Gasteiger charge is 2.26. The zero-order valence-electron chi connectivity index (χ0n) is 19.3. The fourth-order valence-electron chi connectivity index (χ4n) is 3.39. The first-order valence-electron chi connectivity index (χ1n) is 10.6. The van der Waals surface area contributed by atoms with Crippen LogP contribution in [0.4, 0.5) is 29.1 Å². The Bertz CT molecular complexity index is 1550. The van der Waals surface area contributed by atoms with Crippen molar-refractivity contribution in [2.24, 2.45) is 0 Å². The number of fused-ring (bicyclic) bond motifs is 1. The number of nitrogens with one attached hydrogen (secondary N) is 5. The van der Waals surface area contributed by atoms with E-state index in [0.717, 1.165) is 30.3 Å². The number of aromatic nitrogens is 3. The van der Waals surface area contributed by atoms with Gasteiger partial charge >= 0.3 is 0 Å². The quantitative estimate of drug-likeness (QED) is 0.0855. The van der Waals surface area contributed by atoms with Gasteiger partial charge < -0.3 is 25.7 Å². The Kier molecular flexibility index (Phi) is 7.43. The Labute approximate surface area is 212 Å². The average Bonchev–Trinajstić information content (AvgIpc) is 3.30. The number of benzene rings is 2. The van der Waals surface area contributed by atoms with E-state index in [4.69, 9.17) is 5.41 Å². The van der Waals surface area contributed by atoms with Gasteiger partial charge in [-0.3, -0.25) is 4.79 Å². The van der Waals surface area contributed by atoms with E-state index in [9.17, 15) is 18.0 Å². The van der Waals surface area contributed by atoms with Crippen molar-refractivity contribution in [3.8, 4) is 0 Å². The van der Waals surface area contributed by atoms with Gasteiger partial charge in [-0.15, -0.1) is 0 Å². The minimum absolute atomic E-state index is 0.122. The molecule has 0 aliphatic carbocycles. The second-order valence-corrected chi connectivity index (χ2v) is 8.48. The van der Waals surface area contributed by atoms with Gasteiger partial charge in [-0.25, -0.2) is 27.5 Å². The fourth-order valence-corrected chi connectivity index (χ4v) is 4.10. The molecule has 0 aliphatic rings. The van der Waals surface area contributed by atoms with E-state index in [1.54, 1.807) is 7.05 Å². The maximum Gasteiger partial charge on any atom is 0.201 e. The van der Waals surface area contributed by atoms with Crippen molar-refractivity contribution in [3.63, 3.8) is 0 Å². The molecule has 13 heteroatoms. The minimum Gasteiger partial charge on any atom is -0.392 e. The highest BCUT2D eigenvalue weighted by Crippen LogP contribution is 2.32. The molecule has 0 amide bonds. The molecule has 0 bridgehead atoms. The Morgan fingerprint density at radius 2 is 1.86 bits per heavy atom. The third-order valence-electron chi connectivity index (χ3n) is 5.14. The molecule has 0 saturated carbocycles. The molecule has 2 aromatic heterocycles. The van der Waals surface area contributed by atoms with Gasteiger partial charge in [0.1, 0.15) is 35.2 Å². The van der Waals surface area contributed by atoms with Crippen LogP contribution >= 0.6 is 11.9 Å². The number of hydrogen-bond donors (Lipinski definition) is 5. The number of allylic oxidation sites excluding steroid dienone is 1. The number of ketones is 1. The van der Waals surface area contributed by atoms with Gasteiger partial charge in [-0.05, 0) is 49.2 Å². The summed E-state index contributed by atoms with van der Waals surface area (Å²) < 4.78 is 60.0. The lowest BCUT2D eigenvalue weighted by Gasteiger charge is -2.12. The van der Waals surface area contributed by atoms with E-state index in [1.807, 2.05) is 0 Å². The van der Waals surface area contributed by atoms with E-state index < -0.39 is 34.6 Å². The largest absolute Gasteiger partial charge is 0.392 e. The summed E-state index contributed by atoms with van der Waals surface area (Å²) in [6, 6.07) is 4.69. The number of hydrogen-bond acceptors (Lipinski definition) is 8. The molecule has 0 spiro atoms. The third-order valence-corrected chi connectivity index (χ3v) is 6.00. The fraction of sp³-hybridized carbons (Fsp3) is 0.0833. The summed E-state index contributed by atoms with van der Waals surface area (Å²) in [4.78, 5) is 24.2. The van der Waals surface area contributed by atoms with Crippen LogP contribution in [0.3, 0.4) is 0 Å². The summed E-state index contributed by atoms with van der Waals surface area (Å²) in [7, 11) is 1.64. The zero-order chi connectivity index (χ0) is 26.7. The standard InChI is InChI=1S/C24H19F4N7OS/c1-11(29)17(9-30-2)34-24-19-13(8-31-23(19)32-10-33-24)22(36)20-15(27)5-6-16(21(20)28)35-37-18-7-12(25)3-4-14(18)26/h3-10,29-30,35H,1-2H3,(H2,31,32,33,34)/b17-9+,29-11?. The van der Waals surface area contributed by atoms with E-state index in [2.05, 4.69) is 30.3 Å². The molecule has 2 heterocycles. The highest BCUT2D eigenvalue weighted by atomic mass is 32.2. The highest BCUT2D eigenvalue weighted by molar-refractivity contribution is 8.00. The summed E-state index contributed by atoms with van der Waals surface area (Å²) in [5.74, 6) is -4.66. The van der Waals surface area contributed by atoms with Crippen LogP contribution in [0.2, 0.25) is 0 Å². The van der Waals surface area contributed by atoms with Crippen molar-refractivity contribution in [2.45, 2.75) is 11.8 Å². The maximum absolute atomic E-state index is 15.4. The number of halogens is 4. The van der Waals surface area contributed by atoms with Crippen LogP contribution in [0.25, 0.3) is 11.0 Å². The minimum atomic E-state index is -1.22. The van der Waals surface area contributed by atoms with Gasteiger partial charge in [0.25, 0.3) is 0 Å². The second-order valence-electron chi connectivity index (χ2n) is 7.64. The summed E-state index contributed by atoms with van der Waals surface area (Å²) in [6.07, 6.45) is 3.99. The Hall–Kier alpha value is -4.39. The van der Waals surface area contributed by atoms with E-state index in [0.29, 0.717) is 17.6 Å². The van der Waals surface area contributed by atoms with Gasteiger partial charge in [-0.1, -0.05) is 0 Å². The van der Waals surface area contributed by atoms with Crippen molar-refractivity contribution >= 4 is 46.0 Å². The van der Waals surface area contributed by atoms with Gasteiger partial charge in [0.15, 0.2) is 5.82 Å². The Balaban J connectivity index is 1.72. The van der Waals surface area contributed by atoms with Gasteiger partial charge in [0.2, 0.25) is 5.78 Å². The van der Waals surface area contributed by atoms with Gasteiger partial charge in [0, 0.05) is 19.4 Å². The maximum atomic E-state index is 15.4. The summed E-state index contributed by atoms with van der Waals surface area (Å²) in [5.41, 5.74) is -0.579. The summed E-state index contributed by atoms with van der Waals surface area (Å²) in [5, 5.41) is 13.8. The lowest BCUT2D eigenvalue weighted by molar-refractivity contribution is 0.103. The lowest BCUT2D eigenvalue weighted by Crippen LogP contribution is -2.14. The lowest BCUT2D eigenvalue weighted by atomic mass is 10.0. The van der Waals surface area contributed by atoms with E-state index >= 15 is 4.39 Å². The zero-order valence-corrected chi connectivity index (χ0v) is 20.2. The Morgan fingerprint density at radius 3 is 2.59 bits per heavy atom. The molecule has 4 rings (SSSR count). The predicted molar refractivity (Wildman–Crippen MR) is 134 cm³/mol. The molecule has 8 nitrogen and oxygen atoms in total. The van der Waals surface area contributed by atoms with Crippen molar-refractivity contribution < 1.29 is 22.4 Å². The van der Waals surface area contributed by atoms with Crippen LogP contribution in [0, 0.1) is 28.7 Å². The molecule has 0 saturated heterocycles. The number of aromatic amines is 1. The van der Waals surface area contributed by atoms with Crippen LogP contribution in [-0.4, -0.2) is 33.5 Å². The van der Waals surface area contributed by atoms with Crippen molar-refractivity contribution in [1.29, 1.82) is 5.41 Å². The topological polar surface area (TPSA) is 119 Å². The molecule has 37 heavy (non-hydrogen) atoms. The number of carbonyl (C=O) groups is 1. The van der Waals surface area contributed by atoms with Crippen molar-refractivity contribution in [3.05, 3.63) is 89.1 Å². The first-order valence-corrected chi connectivity index (χ1v) is 11.5. The number of nitrogens with zero attached hydrogens (tertiary/aromatic N) is 2. The normalized spacial score (nSPS) is 11.5. The van der Waals surface area contributed by atoms with Crippen molar-refractivity contribution in [2.75, 3.05) is 17.1 Å². The molecule has 0 atom stereocenters. The van der Waals surface area contributed by atoms with Crippen LogP contribution in [-0.2, 0) is 0 Å². The molecule has 0 unspecified atom stereocenters. The van der Waals surface area contributed by atoms with Gasteiger partial charge in [0.05, 0.1) is 38.5 Å². The third kappa shape index (κ3) is 5.26. The smallest absolute Gasteiger partial charge is 0.201 e. The molecule has 0 radical (unpaired) electrons. The van der Waals surface area contributed by atoms with Crippen molar-refractivity contribution in [1.82, 2.24) is 20.3 Å². The SMILES string of the molecule is CN/C=C(/Nc1ncnc2[nH]cc(C(=O)c3c(F)ccc(NSc4cc(F)ccc4F)c3F)c12)C(C)=N.